The Kier molecular flexibility index (Phi) is 3.91. The van der Waals surface area contributed by atoms with Crippen LogP contribution in [0.5, 0.6) is 0 Å². The van der Waals surface area contributed by atoms with Gasteiger partial charge in [0, 0.05) is 20.7 Å². The molecule has 2 atom stereocenters. The van der Waals surface area contributed by atoms with E-state index in [9.17, 15) is 8.42 Å². The molecule has 1 fully saturated rings. The number of hydrogen-bond acceptors (Lipinski definition) is 2. The summed E-state index contributed by atoms with van der Waals surface area (Å²) in [6, 6.07) is 8.55. The predicted molar refractivity (Wildman–Crippen MR) is 81.6 cm³/mol. The molecule has 0 saturated carbocycles. The fraction of sp³-hybridized carbons (Fsp3) is 0.571. The fourth-order valence-electron chi connectivity index (χ4n) is 2.14. The van der Waals surface area contributed by atoms with Crippen LogP contribution in [0.4, 0.5) is 0 Å². The lowest BCUT2D eigenvalue weighted by molar-refractivity contribution is 0.550. The number of nitrogens with zero attached hydrogens (tertiary/aromatic N) is 1. The van der Waals surface area contributed by atoms with Gasteiger partial charge in [-0.15, -0.1) is 0 Å². The molecule has 1 heterocycles. The summed E-state index contributed by atoms with van der Waals surface area (Å²) in [6.45, 7) is 9.64. The Bertz CT molecular complexity index is 546. The topological polar surface area (TPSA) is 37.1 Å². The van der Waals surface area contributed by atoms with Crippen LogP contribution in [-0.2, 0) is 10.0 Å². The van der Waals surface area contributed by atoms with Crippen LogP contribution in [0.15, 0.2) is 29.2 Å². The van der Waals surface area contributed by atoms with Gasteiger partial charge in [-0.25, -0.2) is 8.42 Å². The molecule has 5 heteroatoms. The maximum atomic E-state index is 12.4. The molecule has 0 aliphatic carbocycles. The molecule has 2 rings (SSSR count). The summed E-state index contributed by atoms with van der Waals surface area (Å²) in [6.07, 6.45) is 1.01. The normalized spacial score (nSPS) is 23.4. The first-order chi connectivity index (χ1) is 8.70. The molecule has 3 nitrogen and oxygen atoms in total. The number of benzene rings is 1. The number of aryl methyl sites for hydroxylation is 1. The van der Waals surface area contributed by atoms with E-state index < -0.39 is 18.1 Å². The van der Waals surface area contributed by atoms with Crippen molar-refractivity contribution in [1.29, 1.82) is 0 Å². The first kappa shape index (κ1) is 14.7. The van der Waals surface area contributed by atoms with Gasteiger partial charge in [0.25, 0.3) is 0 Å². The third-order valence-corrected chi connectivity index (χ3v) is 7.24. The maximum Gasteiger partial charge on any atom is 0.243 e. The largest absolute Gasteiger partial charge is 0.243 e. The minimum absolute atomic E-state index is 0.234. The van der Waals surface area contributed by atoms with Gasteiger partial charge in [-0.2, -0.15) is 4.31 Å². The maximum absolute atomic E-state index is 12.4. The van der Waals surface area contributed by atoms with Gasteiger partial charge in [-0.3, -0.25) is 0 Å². The Morgan fingerprint density at radius 2 is 1.79 bits per heavy atom. The highest BCUT2D eigenvalue weighted by molar-refractivity contribution is 7.89. The zero-order valence-electron chi connectivity index (χ0n) is 12.2. The first-order valence-corrected chi connectivity index (χ1v) is 11.9. The van der Waals surface area contributed by atoms with Crippen molar-refractivity contribution < 1.29 is 8.42 Å². The SMILES string of the molecule is Cc1ccc(S(=O)(=O)N2C[C@H]2CC[Si](C)(C)C)cc1. The minimum Gasteiger partial charge on any atom is -0.207 e. The van der Waals surface area contributed by atoms with Crippen LogP contribution in [0.2, 0.25) is 25.7 Å². The molecule has 0 aromatic heterocycles. The summed E-state index contributed by atoms with van der Waals surface area (Å²) >= 11 is 0. The number of rotatable bonds is 5. The zero-order chi connectivity index (χ0) is 14.3. The molecule has 19 heavy (non-hydrogen) atoms. The number of sulfonamides is 1. The van der Waals surface area contributed by atoms with Gasteiger partial charge >= 0.3 is 0 Å². The number of hydrogen-bond donors (Lipinski definition) is 0. The lowest BCUT2D eigenvalue weighted by Crippen LogP contribution is -2.21. The van der Waals surface area contributed by atoms with Gasteiger partial charge in [0.2, 0.25) is 10.0 Å². The Morgan fingerprint density at radius 1 is 1.21 bits per heavy atom. The van der Waals surface area contributed by atoms with E-state index in [4.69, 9.17) is 0 Å². The summed E-state index contributed by atoms with van der Waals surface area (Å²) in [5.41, 5.74) is 1.08. The molecule has 0 amide bonds. The van der Waals surface area contributed by atoms with Crippen LogP contribution in [0.1, 0.15) is 12.0 Å². The van der Waals surface area contributed by atoms with Crippen LogP contribution < -0.4 is 0 Å². The fourth-order valence-corrected chi connectivity index (χ4v) is 4.95. The Labute approximate surface area is 117 Å². The van der Waals surface area contributed by atoms with Crippen LogP contribution in [0.3, 0.4) is 0 Å². The minimum atomic E-state index is -3.25. The average molecular weight is 297 g/mol. The molecule has 1 aliphatic heterocycles. The van der Waals surface area contributed by atoms with E-state index in [1.54, 1.807) is 16.4 Å². The van der Waals surface area contributed by atoms with Crippen molar-refractivity contribution in [3.8, 4) is 0 Å². The third kappa shape index (κ3) is 3.67. The molecule has 1 unspecified atom stereocenters. The molecule has 1 aromatic carbocycles. The van der Waals surface area contributed by atoms with Gasteiger partial charge in [0.05, 0.1) is 4.90 Å². The highest BCUT2D eigenvalue weighted by Crippen LogP contribution is 2.32. The molecular formula is C14H23NO2SSi. The van der Waals surface area contributed by atoms with Gasteiger partial charge in [0.15, 0.2) is 0 Å². The second kappa shape index (κ2) is 5.03. The van der Waals surface area contributed by atoms with Crippen LogP contribution in [-0.4, -0.2) is 33.4 Å². The molecule has 106 valence electrons. The molecule has 1 saturated heterocycles. The van der Waals surface area contributed by atoms with Gasteiger partial charge < -0.3 is 0 Å². The zero-order valence-corrected chi connectivity index (χ0v) is 14.0. The van der Waals surface area contributed by atoms with Crippen molar-refractivity contribution in [3.63, 3.8) is 0 Å². The quantitative estimate of drug-likeness (QED) is 0.618. The van der Waals surface area contributed by atoms with E-state index in [0.29, 0.717) is 11.4 Å². The van der Waals surface area contributed by atoms with E-state index in [1.807, 2.05) is 19.1 Å². The molecule has 0 bridgehead atoms. The van der Waals surface area contributed by atoms with Crippen molar-refractivity contribution in [2.24, 2.45) is 0 Å². The standard InChI is InChI=1S/C14H23NO2SSi/c1-12-5-7-14(8-6-12)18(16,17)15-11-13(15)9-10-19(2,3)4/h5-8,13H,9-11H2,1-4H3/t13-,15?/m1/s1. The highest BCUT2D eigenvalue weighted by Gasteiger charge is 2.44. The molecular weight excluding hydrogens is 274 g/mol. The molecule has 0 spiro atoms. The van der Waals surface area contributed by atoms with Crippen LogP contribution in [0.25, 0.3) is 0 Å². The summed E-state index contributed by atoms with van der Waals surface area (Å²) < 4.78 is 26.4. The Balaban J connectivity index is 2.02. The summed E-state index contributed by atoms with van der Waals surface area (Å²) in [7, 11) is -4.33. The van der Waals surface area contributed by atoms with E-state index in [0.717, 1.165) is 12.0 Å². The molecule has 1 aliphatic rings. The van der Waals surface area contributed by atoms with Crippen molar-refractivity contribution in [3.05, 3.63) is 29.8 Å². The molecule has 1 aromatic rings. The lowest BCUT2D eigenvalue weighted by atomic mass is 10.2. The van der Waals surface area contributed by atoms with Crippen molar-refractivity contribution >= 4 is 18.1 Å². The van der Waals surface area contributed by atoms with Crippen molar-refractivity contribution in [1.82, 2.24) is 4.31 Å². The average Bonchev–Trinajstić information content (AvgIpc) is 3.06. The first-order valence-electron chi connectivity index (χ1n) is 6.79. The van der Waals surface area contributed by atoms with E-state index in [2.05, 4.69) is 19.6 Å². The van der Waals surface area contributed by atoms with Crippen molar-refractivity contribution in [2.75, 3.05) is 6.54 Å². The third-order valence-electron chi connectivity index (χ3n) is 3.52. The molecule has 0 radical (unpaired) electrons. The van der Waals surface area contributed by atoms with Crippen LogP contribution in [0, 0.1) is 6.92 Å². The summed E-state index contributed by atoms with van der Waals surface area (Å²) in [5, 5.41) is 0. The smallest absolute Gasteiger partial charge is 0.207 e. The van der Waals surface area contributed by atoms with Gasteiger partial charge in [0.1, 0.15) is 0 Å². The van der Waals surface area contributed by atoms with E-state index in [-0.39, 0.29) is 6.04 Å². The second-order valence-corrected chi connectivity index (χ2v) is 14.2. The van der Waals surface area contributed by atoms with Gasteiger partial charge in [-0.05, 0) is 25.5 Å². The predicted octanol–water partition coefficient (Wildman–Crippen LogP) is 3.10. The second-order valence-electron chi connectivity index (χ2n) is 6.64. The van der Waals surface area contributed by atoms with Crippen molar-refractivity contribution in [2.45, 2.75) is 50.0 Å². The van der Waals surface area contributed by atoms with Crippen LogP contribution >= 0.6 is 0 Å². The van der Waals surface area contributed by atoms with E-state index in [1.165, 1.54) is 6.04 Å². The highest BCUT2D eigenvalue weighted by atomic mass is 32.2. The Morgan fingerprint density at radius 3 is 2.32 bits per heavy atom. The van der Waals surface area contributed by atoms with E-state index >= 15 is 0 Å². The Hall–Kier alpha value is -0.653. The molecule has 0 N–H and O–H groups in total. The monoisotopic (exact) mass is 297 g/mol. The van der Waals surface area contributed by atoms with Gasteiger partial charge in [-0.1, -0.05) is 43.4 Å². The summed E-state index contributed by atoms with van der Waals surface area (Å²) in [5.74, 6) is 0. The summed E-state index contributed by atoms with van der Waals surface area (Å²) in [4.78, 5) is 0.425. The lowest BCUT2D eigenvalue weighted by Gasteiger charge is -2.15.